The molecule has 2 unspecified atom stereocenters. The van der Waals surface area contributed by atoms with Gasteiger partial charge in [0.25, 0.3) is 5.91 Å². The summed E-state index contributed by atoms with van der Waals surface area (Å²) in [6, 6.07) is 12.4. The number of benzene rings is 3. The minimum absolute atomic E-state index is 0.0867. The maximum Gasteiger partial charge on any atom is 0.322 e. The van der Waals surface area contributed by atoms with Gasteiger partial charge < -0.3 is 20.6 Å². The predicted octanol–water partition coefficient (Wildman–Crippen LogP) is 6.00. The standard InChI is InChI=1S/C24H20BrClFN3O3/c1-12(15-5-3-4-6-20(15)31)30(2)24(33)28-19-10-13(25)9-17-21(19)22(29-23(17)32)16-11-14(27)7-8-18(16)26/h3-12,22,31H,1-2H3,(H,28,33)(H,29,32). The third-order valence-electron chi connectivity index (χ3n) is 5.75. The summed E-state index contributed by atoms with van der Waals surface area (Å²) < 4.78 is 14.6. The Bertz CT molecular complexity index is 1270. The van der Waals surface area contributed by atoms with E-state index in [0.29, 0.717) is 37.4 Å². The van der Waals surface area contributed by atoms with Crippen LogP contribution in [0.4, 0.5) is 14.9 Å². The van der Waals surface area contributed by atoms with E-state index in [9.17, 15) is 19.1 Å². The van der Waals surface area contributed by atoms with Gasteiger partial charge in [0.1, 0.15) is 11.6 Å². The van der Waals surface area contributed by atoms with Crippen molar-refractivity contribution in [2.45, 2.75) is 19.0 Å². The van der Waals surface area contributed by atoms with Gasteiger partial charge in [-0.25, -0.2) is 9.18 Å². The molecule has 3 aromatic carbocycles. The maximum atomic E-state index is 14.0. The highest BCUT2D eigenvalue weighted by Gasteiger charge is 2.35. The van der Waals surface area contributed by atoms with Crippen molar-refractivity contribution >= 4 is 45.2 Å². The third kappa shape index (κ3) is 4.41. The Morgan fingerprint density at radius 3 is 2.70 bits per heavy atom. The second kappa shape index (κ2) is 9.03. The number of urea groups is 1. The Morgan fingerprint density at radius 1 is 1.24 bits per heavy atom. The molecular weight excluding hydrogens is 513 g/mol. The van der Waals surface area contributed by atoms with Gasteiger partial charge in [-0.15, -0.1) is 0 Å². The van der Waals surface area contributed by atoms with Gasteiger partial charge in [0.15, 0.2) is 0 Å². The fourth-order valence-electron chi connectivity index (χ4n) is 3.90. The predicted molar refractivity (Wildman–Crippen MR) is 128 cm³/mol. The molecule has 1 heterocycles. The molecule has 1 aliphatic heterocycles. The summed E-state index contributed by atoms with van der Waals surface area (Å²) >= 11 is 9.69. The lowest BCUT2D eigenvalue weighted by atomic mass is 9.96. The van der Waals surface area contributed by atoms with E-state index in [1.165, 1.54) is 23.1 Å². The molecule has 33 heavy (non-hydrogen) atoms. The zero-order valence-corrected chi connectivity index (χ0v) is 20.0. The largest absolute Gasteiger partial charge is 0.508 e. The summed E-state index contributed by atoms with van der Waals surface area (Å²) in [5.74, 6) is -0.761. The number of anilines is 1. The Labute approximate surface area is 203 Å². The molecule has 0 aliphatic carbocycles. The molecule has 3 aromatic rings. The van der Waals surface area contributed by atoms with Crippen LogP contribution >= 0.6 is 27.5 Å². The molecule has 2 atom stereocenters. The van der Waals surface area contributed by atoms with E-state index in [1.54, 1.807) is 50.4 Å². The minimum Gasteiger partial charge on any atom is -0.508 e. The van der Waals surface area contributed by atoms with Crippen LogP contribution in [0.25, 0.3) is 0 Å². The zero-order valence-electron chi connectivity index (χ0n) is 17.7. The highest BCUT2D eigenvalue weighted by atomic mass is 79.9. The second-order valence-electron chi connectivity index (χ2n) is 7.76. The van der Waals surface area contributed by atoms with Crippen LogP contribution in [0.15, 0.2) is 59.1 Å². The molecule has 1 aliphatic rings. The number of rotatable bonds is 4. The van der Waals surface area contributed by atoms with E-state index in [1.807, 2.05) is 0 Å². The number of carbonyl (C=O) groups is 2. The fourth-order valence-corrected chi connectivity index (χ4v) is 4.58. The number of para-hydroxylation sites is 1. The second-order valence-corrected chi connectivity index (χ2v) is 9.09. The van der Waals surface area contributed by atoms with Crippen LogP contribution in [0.3, 0.4) is 0 Å². The van der Waals surface area contributed by atoms with Crippen molar-refractivity contribution in [3.05, 3.63) is 92.2 Å². The average Bonchev–Trinajstić information content (AvgIpc) is 3.11. The van der Waals surface area contributed by atoms with Crippen molar-refractivity contribution in [1.82, 2.24) is 10.2 Å². The molecule has 3 amide bonds. The van der Waals surface area contributed by atoms with Crippen LogP contribution in [0.2, 0.25) is 5.02 Å². The minimum atomic E-state index is -0.736. The molecule has 4 rings (SSSR count). The molecule has 0 saturated heterocycles. The number of halogens is 3. The van der Waals surface area contributed by atoms with Gasteiger partial charge in [0, 0.05) is 44.5 Å². The van der Waals surface area contributed by atoms with Gasteiger partial charge >= 0.3 is 6.03 Å². The van der Waals surface area contributed by atoms with Crippen molar-refractivity contribution < 1.29 is 19.1 Å². The summed E-state index contributed by atoms with van der Waals surface area (Å²) in [6.07, 6.45) is 0. The average molecular weight is 533 g/mol. The van der Waals surface area contributed by atoms with Gasteiger partial charge in [-0.2, -0.15) is 0 Å². The van der Waals surface area contributed by atoms with Gasteiger partial charge in [-0.1, -0.05) is 45.7 Å². The zero-order chi connectivity index (χ0) is 23.9. The number of aromatic hydroxyl groups is 1. The SMILES string of the molecule is CC(c1ccccc1O)N(C)C(=O)Nc1cc(Br)cc2c1C(c1cc(F)ccc1Cl)NC2=O. The molecule has 0 radical (unpaired) electrons. The van der Waals surface area contributed by atoms with Gasteiger partial charge in [-0.3, -0.25) is 4.79 Å². The number of nitrogens with one attached hydrogen (secondary N) is 2. The molecule has 9 heteroatoms. The number of nitrogens with zero attached hydrogens (tertiary/aromatic N) is 1. The lowest BCUT2D eigenvalue weighted by Crippen LogP contribution is -2.34. The van der Waals surface area contributed by atoms with E-state index in [-0.39, 0.29) is 11.7 Å². The van der Waals surface area contributed by atoms with E-state index in [0.717, 1.165) is 0 Å². The normalized spacial score (nSPS) is 15.5. The maximum absolute atomic E-state index is 14.0. The number of hydrogen-bond acceptors (Lipinski definition) is 3. The number of phenolic OH excluding ortho intramolecular Hbond substituents is 1. The smallest absolute Gasteiger partial charge is 0.322 e. The summed E-state index contributed by atoms with van der Waals surface area (Å²) in [6.45, 7) is 1.79. The molecule has 0 spiro atoms. The fraction of sp³-hybridized carbons (Fsp3) is 0.167. The number of hydrogen-bond donors (Lipinski definition) is 3. The third-order valence-corrected chi connectivity index (χ3v) is 6.55. The molecule has 0 aromatic heterocycles. The van der Waals surface area contributed by atoms with E-state index >= 15 is 0 Å². The van der Waals surface area contributed by atoms with Crippen LogP contribution < -0.4 is 10.6 Å². The number of fused-ring (bicyclic) bond motifs is 1. The Morgan fingerprint density at radius 2 is 1.97 bits per heavy atom. The lowest BCUT2D eigenvalue weighted by Gasteiger charge is -2.27. The van der Waals surface area contributed by atoms with Gasteiger partial charge in [0.05, 0.1) is 12.1 Å². The molecule has 3 N–H and O–H groups in total. The van der Waals surface area contributed by atoms with E-state index < -0.39 is 23.9 Å². The molecule has 0 bridgehead atoms. The summed E-state index contributed by atoms with van der Waals surface area (Å²) in [5, 5.41) is 16.1. The first-order valence-corrected chi connectivity index (χ1v) is 11.3. The van der Waals surface area contributed by atoms with Crippen molar-refractivity contribution in [3.63, 3.8) is 0 Å². The first-order chi connectivity index (χ1) is 15.7. The van der Waals surface area contributed by atoms with Crippen molar-refractivity contribution in [3.8, 4) is 5.75 Å². The van der Waals surface area contributed by atoms with Crippen molar-refractivity contribution in [2.75, 3.05) is 12.4 Å². The van der Waals surface area contributed by atoms with Crippen molar-refractivity contribution in [2.24, 2.45) is 0 Å². The van der Waals surface area contributed by atoms with E-state index in [2.05, 4.69) is 26.6 Å². The van der Waals surface area contributed by atoms with Crippen LogP contribution in [0.1, 0.15) is 46.1 Å². The highest BCUT2D eigenvalue weighted by Crippen LogP contribution is 2.41. The molecular formula is C24H20BrClFN3O3. The topological polar surface area (TPSA) is 81.7 Å². The number of phenols is 1. The molecule has 0 saturated carbocycles. The summed E-state index contributed by atoms with van der Waals surface area (Å²) in [5.41, 5.74) is 2.20. The van der Waals surface area contributed by atoms with Crippen molar-refractivity contribution in [1.29, 1.82) is 0 Å². The van der Waals surface area contributed by atoms with Gasteiger partial charge in [0.2, 0.25) is 0 Å². The monoisotopic (exact) mass is 531 g/mol. The number of amides is 3. The van der Waals surface area contributed by atoms with Crippen LogP contribution in [-0.2, 0) is 0 Å². The van der Waals surface area contributed by atoms with E-state index in [4.69, 9.17) is 11.6 Å². The van der Waals surface area contributed by atoms with Gasteiger partial charge in [-0.05, 0) is 43.3 Å². The lowest BCUT2D eigenvalue weighted by molar-refractivity contribution is 0.0960. The first-order valence-electron chi connectivity index (χ1n) is 10.1. The number of carbonyl (C=O) groups excluding carboxylic acids is 2. The highest BCUT2D eigenvalue weighted by molar-refractivity contribution is 9.10. The van der Waals surface area contributed by atoms with Crippen LogP contribution in [-0.4, -0.2) is 29.0 Å². The Balaban J connectivity index is 1.70. The quantitative estimate of drug-likeness (QED) is 0.385. The summed E-state index contributed by atoms with van der Waals surface area (Å²) in [7, 11) is 1.61. The Kier molecular flexibility index (Phi) is 6.32. The van der Waals surface area contributed by atoms with Crippen LogP contribution in [0, 0.1) is 5.82 Å². The molecule has 0 fully saturated rings. The Hall–Kier alpha value is -3.10. The first kappa shape index (κ1) is 23.1. The molecule has 6 nitrogen and oxygen atoms in total. The summed E-state index contributed by atoms with van der Waals surface area (Å²) in [4.78, 5) is 27.2. The molecule has 170 valence electrons. The van der Waals surface area contributed by atoms with Crippen LogP contribution in [0.5, 0.6) is 5.75 Å².